The van der Waals surface area contributed by atoms with E-state index in [1.54, 1.807) is 0 Å². The molecular weight excluding hydrogens is 666 g/mol. The molecule has 9 rings (SSSR count). The summed E-state index contributed by atoms with van der Waals surface area (Å²) in [6.45, 7) is 4.81. The second-order valence-electron chi connectivity index (χ2n) is 13.3. The van der Waals surface area contributed by atoms with E-state index in [1.807, 2.05) is 124 Å². The SMILES string of the molecule is CN(C)CCC[Si](C)(C)[O-].[Al+3].c1ccc2c(c1)-c1nc-2nc2[n-]c(nc3nc(nc4[n-]c(n1)c1ccccc41)-c1ccccc1-3)c1ccccc21. The van der Waals surface area contributed by atoms with E-state index >= 15 is 0 Å². The first-order valence-electron chi connectivity index (χ1n) is 16.7. The minimum absolute atomic E-state index is 0. The molecule has 8 bridgehead atoms. The van der Waals surface area contributed by atoms with Crippen LogP contribution in [0, 0.1) is 0 Å². The van der Waals surface area contributed by atoms with Crippen LogP contribution in [-0.2, 0) is 0 Å². The molecule has 51 heavy (non-hydrogen) atoms. The minimum atomic E-state index is -2.00. The molecule has 0 spiro atoms. The van der Waals surface area contributed by atoms with E-state index in [4.69, 9.17) is 39.9 Å². The van der Waals surface area contributed by atoms with E-state index in [0.717, 1.165) is 62.8 Å². The number of hydrogen-bond acceptors (Lipinski definition) is 8. The quantitative estimate of drug-likeness (QED) is 0.194. The third kappa shape index (κ3) is 6.84. The van der Waals surface area contributed by atoms with E-state index in [9.17, 15) is 4.80 Å². The van der Waals surface area contributed by atoms with Crippen LogP contribution in [0.1, 0.15) is 6.42 Å². The Hall–Kier alpha value is -5.09. The molecule has 5 heterocycles. The maximum absolute atomic E-state index is 11.2. The van der Waals surface area contributed by atoms with Crippen molar-refractivity contribution in [2.75, 3.05) is 20.6 Å². The zero-order valence-electron chi connectivity index (χ0n) is 28.9. The van der Waals surface area contributed by atoms with Crippen LogP contribution in [-0.4, -0.2) is 81.1 Å². The van der Waals surface area contributed by atoms with Crippen LogP contribution < -0.4 is 14.8 Å². The van der Waals surface area contributed by atoms with Gasteiger partial charge in [0.05, 0.1) is 23.3 Å². The standard InChI is InChI=1S/C32H16N8.C7H18NOSi.Al/c1-2-10-18-17(9-1)25-33-26(18)38-28-21-13-5-6-14-22(21)30(35-28)40-32-24-16-8-7-15-23(24)31(36-32)39-29-20-12-4-3-11-19(20)27(34-29)37-25;1-8(2)6-5-7-10(3,4)9;/h1-16H;5-7H2,1-4H3;/q-2;-1;+3. The molecule has 0 saturated heterocycles. The number of aromatic nitrogens is 8. The van der Waals surface area contributed by atoms with Gasteiger partial charge in [0.15, 0.2) is 0 Å². The van der Waals surface area contributed by atoms with E-state index in [1.165, 1.54) is 0 Å². The molecule has 248 valence electrons. The topological polar surface area (TPSA) is 132 Å². The van der Waals surface area contributed by atoms with Gasteiger partial charge in [-0.2, -0.15) is 0 Å². The molecule has 0 aliphatic carbocycles. The van der Waals surface area contributed by atoms with Gasteiger partial charge in [0.25, 0.3) is 0 Å². The molecule has 0 radical (unpaired) electrons. The average molecular weight is 700 g/mol. The first-order chi connectivity index (χ1) is 24.2. The molecule has 0 saturated carbocycles. The third-order valence-corrected chi connectivity index (χ3v) is 10.3. The van der Waals surface area contributed by atoms with Gasteiger partial charge in [-0.3, -0.25) is 0 Å². The number of benzene rings is 4. The van der Waals surface area contributed by atoms with Crippen molar-refractivity contribution in [3.8, 4) is 45.6 Å². The molecule has 12 heteroatoms. The number of rotatable bonds is 4. The van der Waals surface area contributed by atoms with Crippen molar-refractivity contribution in [3.63, 3.8) is 0 Å². The van der Waals surface area contributed by atoms with Gasteiger partial charge in [-0.05, 0) is 48.6 Å². The van der Waals surface area contributed by atoms with Crippen molar-refractivity contribution in [1.29, 1.82) is 0 Å². The Morgan fingerprint density at radius 1 is 0.510 bits per heavy atom. The minimum Gasteiger partial charge on any atom is -0.859 e. The largest absolute Gasteiger partial charge is 3.00 e. The van der Waals surface area contributed by atoms with E-state index in [0.29, 0.717) is 45.9 Å². The molecule has 2 aliphatic rings. The Balaban J connectivity index is 0.000000327. The Kier molecular flexibility index (Phi) is 9.37. The predicted octanol–water partition coefficient (Wildman–Crippen LogP) is 6.25. The monoisotopic (exact) mass is 699 g/mol. The van der Waals surface area contributed by atoms with Crippen molar-refractivity contribution >= 4 is 69.8 Å². The summed E-state index contributed by atoms with van der Waals surface area (Å²) in [5, 5.41) is 3.57. The van der Waals surface area contributed by atoms with Gasteiger partial charge < -0.3 is 39.6 Å². The molecule has 0 fully saturated rings. The van der Waals surface area contributed by atoms with Crippen molar-refractivity contribution < 1.29 is 4.80 Å². The van der Waals surface area contributed by atoms with Gasteiger partial charge >= 0.3 is 17.4 Å². The maximum Gasteiger partial charge on any atom is 3.00 e. The van der Waals surface area contributed by atoms with Gasteiger partial charge in [-0.15, -0.1) is 0 Å². The molecule has 4 aromatic carbocycles. The van der Waals surface area contributed by atoms with Crippen LogP contribution in [0.15, 0.2) is 97.1 Å². The fourth-order valence-electron chi connectivity index (χ4n) is 6.28. The molecule has 2 aliphatic heterocycles. The first kappa shape index (κ1) is 34.4. The predicted molar refractivity (Wildman–Crippen MR) is 205 cm³/mol. The van der Waals surface area contributed by atoms with Gasteiger partial charge in [0.2, 0.25) is 0 Å². The first-order valence-corrected chi connectivity index (χ1v) is 19.8. The Morgan fingerprint density at radius 2 is 0.804 bits per heavy atom. The summed E-state index contributed by atoms with van der Waals surface area (Å²) in [6.07, 6.45) is 1.07. The van der Waals surface area contributed by atoms with Gasteiger partial charge in [0.1, 0.15) is 0 Å². The van der Waals surface area contributed by atoms with Gasteiger partial charge in [-0.25, -0.2) is 9.97 Å². The van der Waals surface area contributed by atoms with Gasteiger partial charge in [-0.1, -0.05) is 125 Å². The molecule has 3 aromatic heterocycles. The molecule has 0 atom stereocenters. The van der Waals surface area contributed by atoms with Crippen LogP contribution >= 0.6 is 0 Å². The zero-order chi connectivity index (χ0) is 34.4. The normalized spacial score (nSPS) is 11.9. The maximum atomic E-state index is 11.2. The molecule has 10 nitrogen and oxygen atoms in total. The summed E-state index contributed by atoms with van der Waals surface area (Å²) in [6, 6.07) is 32.7. The van der Waals surface area contributed by atoms with Crippen LogP contribution in [0.4, 0.5) is 0 Å². The summed E-state index contributed by atoms with van der Waals surface area (Å²) in [7, 11) is 2.08. The van der Waals surface area contributed by atoms with E-state index < -0.39 is 8.32 Å². The number of nitrogens with zero attached hydrogens (tertiary/aromatic N) is 9. The molecule has 7 aromatic rings. The second kappa shape index (κ2) is 13.9. The summed E-state index contributed by atoms with van der Waals surface area (Å²) in [5.74, 6) is 2.21. The van der Waals surface area contributed by atoms with Crippen molar-refractivity contribution in [2.24, 2.45) is 0 Å². The average Bonchev–Trinajstić information content (AvgIpc) is 3.84. The number of fused-ring (bicyclic) bond motifs is 20. The summed E-state index contributed by atoms with van der Waals surface area (Å²) >= 11 is 0. The second-order valence-corrected chi connectivity index (χ2v) is 17.4. The van der Waals surface area contributed by atoms with Crippen molar-refractivity contribution in [3.05, 3.63) is 97.1 Å². The van der Waals surface area contributed by atoms with Crippen LogP contribution in [0.5, 0.6) is 0 Å². The van der Waals surface area contributed by atoms with Crippen LogP contribution in [0.25, 0.3) is 89.7 Å². The third-order valence-electron chi connectivity index (χ3n) is 8.71. The van der Waals surface area contributed by atoms with Crippen molar-refractivity contribution in [2.45, 2.75) is 25.6 Å². The van der Waals surface area contributed by atoms with E-state index in [-0.39, 0.29) is 17.4 Å². The van der Waals surface area contributed by atoms with Crippen molar-refractivity contribution in [1.82, 2.24) is 44.8 Å². The van der Waals surface area contributed by atoms with Crippen LogP contribution in [0.3, 0.4) is 0 Å². The number of hydrogen-bond donors (Lipinski definition) is 0. The fraction of sp³-hybridized carbons (Fsp3) is 0.179. The summed E-state index contributed by atoms with van der Waals surface area (Å²) < 4.78 is 0. The smallest absolute Gasteiger partial charge is 0.859 e. The Labute approximate surface area is 307 Å². The Bertz CT molecular complexity index is 2250. The van der Waals surface area contributed by atoms with E-state index in [2.05, 4.69) is 4.90 Å². The molecule has 0 N–H and O–H groups in total. The Morgan fingerprint density at radius 3 is 1.08 bits per heavy atom. The molecular formula is C39H34AlN9OSi. The zero-order valence-corrected chi connectivity index (χ0v) is 31.0. The summed E-state index contributed by atoms with van der Waals surface area (Å²) in [4.78, 5) is 52.6. The summed E-state index contributed by atoms with van der Waals surface area (Å²) in [5.41, 5.74) is 5.78. The molecule has 0 unspecified atom stereocenters. The fourth-order valence-corrected chi connectivity index (χ4v) is 7.29. The van der Waals surface area contributed by atoms with Crippen LogP contribution in [0.2, 0.25) is 19.1 Å². The van der Waals surface area contributed by atoms with Gasteiger partial charge in [0, 0.05) is 44.8 Å². The molecule has 0 amide bonds.